The van der Waals surface area contributed by atoms with Gasteiger partial charge >= 0.3 is 0 Å². The summed E-state index contributed by atoms with van der Waals surface area (Å²) in [5, 5.41) is 4.33. The number of carbonyl (C=O) groups excluding carboxylic acids is 1. The lowest BCUT2D eigenvalue weighted by Gasteiger charge is -2.36. The lowest BCUT2D eigenvalue weighted by molar-refractivity contribution is -0.122. The van der Waals surface area contributed by atoms with Crippen molar-refractivity contribution >= 4 is 29.1 Å². The third-order valence-corrected chi connectivity index (χ3v) is 5.69. The Morgan fingerprint density at radius 2 is 1.60 bits per heavy atom. The van der Waals surface area contributed by atoms with E-state index in [-0.39, 0.29) is 18.1 Å². The molecule has 2 aromatic carbocycles. The van der Waals surface area contributed by atoms with Crippen molar-refractivity contribution in [2.75, 3.05) is 26.2 Å². The van der Waals surface area contributed by atoms with Gasteiger partial charge in [-0.1, -0.05) is 23.2 Å². The minimum atomic E-state index is -0.334. The predicted molar refractivity (Wildman–Crippen MR) is 120 cm³/mol. The van der Waals surface area contributed by atoms with Gasteiger partial charge in [-0.3, -0.25) is 4.79 Å². The molecule has 1 aliphatic heterocycles. The molecule has 7 heteroatoms. The first-order valence-corrected chi connectivity index (χ1v) is 11.1. The Kier molecular flexibility index (Phi) is 8.67. The van der Waals surface area contributed by atoms with Crippen molar-refractivity contribution in [1.82, 2.24) is 10.2 Å². The van der Waals surface area contributed by atoms with Crippen molar-refractivity contribution in [2.24, 2.45) is 5.92 Å². The van der Waals surface area contributed by atoms with E-state index >= 15 is 0 Å². The van der Waals surface area contributed by atoms with E-state index in [0.29, 0.717) is 22.4 Å². The Morgan fingerprint density at radius 1 is 1.03 bits per heavy atom. The number of hydrogen-bond acceptors (Lipinski definition) is 4. The molecule has 0 bridgehead atoms. The molecule has 1 N–H and O–H groups in total. The fourth-order valence-corrected chi connectivity index (χ4v) is 3.84. The van der Waals surface area contributed by atoms with Gasteiger partial charge in [0.25, 0.3) is 0 Å². The van der Waals surface area contributed by atoms with Gasteiger partial charge in [0.2, 0.25) is 5.91 Å². The number of carbonyl (C=O) groups is 1. The molecule has 5 nitrogen and oxygen atoms in total. The van der Waals surface area contributed by atoms with Gasteiger partial charge in [0.1, 0.15) is 11.5 Å². The van der Waals surface area contributed by atoms with Crippen LogP contribution in [0.2, 0.25) is 10.0 Å². The Morgan fingerprint density at radius 3 is 2.17 bits per heavy atom. The van der Waals surface area contributed by atoms with Crippen molar-refractivity contribution < 1.29 is 14.3 Å². The van der Waals surface area contributed by atoms with Crippen molar-refractivity contribution in [2.45, 2.75) is 32.4 Å². The molecule has 30 heavy (non-hydrogen) atoms. The number of amides is 1. The fraction of sp³-hybridized carbons (Fsp3) is 0.435. The van der Waals surface area contributed by atoms with Crippen LogP contribution in [0.5, 0.6) is 11.5 Å². The fourth-order valence-electron chi connectivity index (χ4n) is 3.59. The number of nitrogens with one attached hydrogen (secondary N) is 1. The molecule has 1 unspecified atom stereocenters. The largest absolute Gasteiger partial charge is 0.494 e. The van der Waals surface area contributed by atoms with Gasteiger partial charge < -0.3 is 19.7 Å². The van der Waals surface area contributed by atoms with Crippen LogP contribution in [-0.2, 0) is 4.79 Å². The van der Waals surface area contributed by atoms with Crippen LogP contribution in [-0.4, -0.2) is 43.3 Å². The zero-order valence-electron chi connectivity index (χ0n) is 17.2. The van der Waals surface area contributed by atoms with E-state index in [0.717, 1.165) is 44.6 Å². The highest BCUT2D eigenvalue weighted by atomic mass is 35.5. The zero-order chi connectivity index (χ0) is 21.3. The Balaban J connectivity index is 1.41. The molecule has 1 fully saturated rings. The van der Waals surface area contributed by atoms with Crippen LogP contribution in [0, 0.1) is 5.92 Å². The monoisotopic (exact) mass is 450 g/mol. The van der Waals surface area contributed by atoms with Crippen LogP contribution < -0.4 is 14.8 Å². The molecular weight excluding hydrogens is 423 g/mol. The quantitative estimate of drug-likeness (QED) is 0.430. The number of nitrogens with zero attached hydrogens (tertiary/aromatic N) is 1. The van der Waals surface area contributed by atoms with E-state index in [4.69, 9.17) is 32.7 Å². The summed E-state index contributed by atoms with van der Waals surface area (Å²) in [6.45, 7) is 5.14. The van der Waals surface area contributed by atoms with Crippen LogP contribution in [0.1, 0.15) is 26.2 Å². The second-order valence-electron chi connectivity index (χ2n) is 7.53. The number of benzene rings is 2. The topological polar surface area (TPSA) is 50.8 Å². The average molecular weight is 451 g/mol. The summed E-state index contributed by atoms with van der Waals surface area (Å²) >= 11 is 11.8. The normalized spacial score (nSPS) is 16.1. The van der Waals surface area contributed by atoms with Gasteiger partial charge in [-0.05, 0) is 80.9 Å². The number of likely N-dealkylation sites (tertiary alicyclic amines) is 1. The van der Waals surface area contributed by atoms with Crippen LogP contribution in [0.25, 0.3) is 0 Å². The summed E-state index contributed by atoms with van der Waals surface area (Å²) in [4.78, 5) is 14.1. The van der Waals surface area contributed by atoms with Crippen molar-refractivity contribution in [3.05, 3.63) is 58.6 Å². The maximum absolute atomic E-state index is 11.7. The zero-order valence-corrected chi connectivity index (χ0v) is 18.7. The molecule has 3 rings (SSSR count). The molecule has 0 saturated carbocycles. The lowest BCUT2D eigenvalue weighted by atomic mass is 9.94. The summed E-state index contributed by atoms with van der Waals surface area (Å²) in [6.07, 6.45) is 2.57. The number of halogens is 2. The molecule has 162 valence electrons. The molecule has 1 saturated heterocycles. The highest BCUT2D eigenvalue weighted by molar-refractivity contribution is 6.30. The third-order valence-electron chi connectivity index (χ3n) is 5.18. The van der Waals surface area contributed by atoms with E-state index in [1.165, 1.54) is 6.92 Å². The molecule has 1 heterocycles. The van der Waals surface area contributed by atoms with E-state index in [2.05, 4.69) is 10.2 Å². The SMILES string of the molecule is CC(=O)NC(Oc1ccc(Cl)cc1)C1CCN(CCCOc2ccc(Cl)cc2)CC1. The summed E-state index contributed by atoms with van der Waals surface area (Å²) in [7, 11) is 0. The highest BCUT2D eigenvalue weighted by Gasteiger charge is 2.28. The summed E-state index contributed by atoms with van der Waals surface area (Å²) < 4.78 is 11.8. The van der Waals surface area contributed by atoms with Crippen LogP contribution in [0.3, 0.4) is 0 Å². The predicted octanol–water partition coefficient (Wildman–Crippen LogP) is 5.02. The van der Waals surface area contributed by atoms with Gasteiger partial charge in [0, 0.05) is 29.4 Å². The van der Waals surface area contributed by atoms with Crippen molar-refractivity contribution in [1.29, 1.82) is 0 Å². The molecule has 1 aliphatic rings. The van der Waals surface area contributed by atoms with Gasteiger partial charge in [0.15, 0.2) is 6.23 Å². The molecular formula is C23H28Cl2N2O3. The lowest BCUT2D eigenvalue weighted by Crippen LogP contribution is -2.48. The van der Waals surface area contributed by atoms with E-state index in [1.807, 2.05) is 36.4 Å². The number of rotatable bonds is 9. The van der Waals surface area contributed by atoms with Gasteiger partial charge in [-0.25, -0.2) is 0 Å². The minimum absolute atomic E-state index is 0.0873. The maximum Gasteiger partial charge on any atom is 0.219 e. The Hall–Kier alpha value is -1.95. The van der Waals surface area contributed by atoms with Gasteiger partial charge in [-0.2, -0.15) is 0 Å². The second kappa shape index (κ2) is 11.4. The Labute approximate surface area is 188 Å². The molecule has 0 aliphatic carbocycles. The maximum atomic E-state index is 11.7. The first-order valence-electron chi connectivity index (χ1n) is 10.3. The van der Waals surface area contributed by atoms with E-state index < -0.39 is 0 Å². The second-order valence-corrected chi connectivity index (χ2v) is 8.40. The van der Waals surface area contributed by atoms with E-state index in [1.54, 1.807) is 12.1 Å². The van der Waals surface area contributed by atoms with Crippen molar-refractivity contribution in [3.8, 4) is 11.5 Å². The molecule has 1 atom stereocenters. The molecule has 0 aromatic heterocycles. The van der Waals surface area contributed by atoms with E-state index in [9.17, 15) is 4.79 Å². The Bertz CT molecular complexity index is 791. The summed E-state index contributed by atoms with van der Waals surface area (Å²) in [5.41, 5.74) is 0. The molecule has 0 spiro atoms. The van der Waals surface area contributed by atoms with Gasteiger partial charge in [0.05, 0.1) is 6.61 Å². The minimum Gasteiger partial charge on any atom is -0.494 e. The average Bonchev–Trinajstić information content (AvgIpc) is 2.74. The number of ether oxygens (including phenoxy) is 2. The van der Waals surface area contributed by atoms with Gasteiger partial charge in [-0.15, -0.1) is 0 Å². The first-order chi connectivity index (χ1) is 14.5. The van der Waals surface area contributed by atoms with Crippen LogP contribution in [0.15, 0.2) is 48.5 Å². The molecule has 1 amide bonds. The standard InChI is InChI=1S/C23H28Cl2N2O3/c1-17(28)26-23(30-22-9-5-20(25)6-10-22)18-11-14-27(15-12-18)13-2-16-29-21-7-3-19(24)4-8-21/h3-10,18,23H,2,11-16H2,1H3,(H,26,28). The number of piperidine rings is 1. The first kappa shape index (κ1) is 22.7. The van der Waals surface area contributed by atoms with Crippen LogP contribution >= 0.6 is 23.2 Å². The summed E-state index contributed by atoms with van der Waals surface area (Å²) in [6, 6.07) is 14.7. The smallest absolute Gasteiger partial charge is 0.219 e. The number of hydrogen-bond donors (Lipinski definition) is 1. The van der Waals surface area contributed by atoms with Crippen molar-refractivity contribution in [3.63, 3.8) is 0 Å². The molecule has 2 aromatic rings. The highest BCUT2D eigenvalue weighted by Crippen LogP contribution is 2.25. The molecule has 0 radical (unpaired) electrons. The summed E-state index contributed by atoms with van der Waals surface area (Å²) in [5.74, 6) is 1.73. The third kappa shape index (κ3) is 7.38. The van der Waals surface area contributed by atoms with Crippen LogP contribution in [0.4, 0.5) is 0 Å².